The third-order valence-electron chi connectivity index (χ3n) is 2.32. The number of esters is 1. The van der Waals surface area contributed by atoms with Crippen LogP contribution in [-0.4, -0.2) is 17.5 Å². The molecule has 5 nitrogen and oxygen atoms in total. The minimum Gasteiger partial charge on any atom is -0.466 e. The molecule has 0 aliphatic heterocycles. The SMILES string of the molecule is CC(=O)OCCCC(=Cc1ccc(F)cc1)[N+](=O)[O-]. The standard InChI is InChI=1S/C13H14FNO4/c1-10(16)19-8-2-3-13(15(17)18)9-11-4-6-12(14)7-5-11/h4-7,9H,2-3,8H2,1H3. The first kappa shape index (κ1) is 14.8. The highest BCUT2D eigenvalue weighted by Crippen LogP contribution is 2.13. The summed E-state index contributed by atoms with van der Waals surface area (Å²) in [5.41, 5.74) is 0.555. The average molecular weight is 267 g/mol. The summed E-state index contributed by atoms with van der Waals surface area (Å²) in [6.07, 6.45) is 1.93. The fourth-order valence-corrected chi connectivity index (χ4v) is 1.44. The minimum atomic E-state index is -0.489. The highest BCUT2D eigenvalue weighted by molar-refractivity contribution is 5.65. The molecule has 6 heteroatoms. The third-order valence-corrected chi connectivity index (χ3v) is 2.32. The molecule has 0 aromatic heterocycles. The molecule has 1 rings (SSSR count). The van der Waals surface area contributed by atoms with Crippen LogP contribution in [0, 0.1) is 15.9 Å². The molecule has 0 N–H and O–H groups in total. The number of nitrogens with zero attached hydrogens (tertiary/aromatic N) is 1. The zero-order valence-electron chi connectivity index (χ0n) is 10.5. The molecular formula is C13H14FNO4. The second-order valence-corrected chi connectivity index (χ2v) is 3.89. The lowest BCUT2D eigenvalue weighted by Crippen LogP contribution is -2.04. The molecule has 1 aromatic rings. The average Bonchev–Trinajstić information content (AvgIpc) is 2.35. The van der Waals surface area contributed by atoms with Crippen LogP contribution in [0.1, 0.15) is 25.3 Å². The summed E-state index contributed by atoms with van der Waals surface area (Å²) in [5, 5.41) is 10.9. The van der Waals surface area contributed by atoms with Gasteiger partial charge in [0.05, 0.1) is 11.5 Å². The van der Waals surface area contributed by atoms with Crippen LogP contribution < -0.4 is 0 Å². The Morgan fingerprint density at radius 1 is 1.42 bits per heavy atom. The van der Waals surface area contributed by atoms with Crippen LogP contribution in [0.2, 0.25) is 0 Å². The van der Waals surface area contributed by atoms with Gasteiger partial charge in [-0.1, -0.05) is 12.1 Å². The molecule has 0 amide bonds. The molecule has 0 saturated carbocycles. The van der Waals surface area contributed by atoms with Crippen molar-refractivity contribution in [1.82, 2.24) is 0 Å². The smallest absolute Gasteiger partial charge is 0.302 e. The van der Waals surface area contributed by atoms with E-state index in [0.717, 1.165) is 0 Å². The number of allylic oxidation sites excluding steroid dienone is 1. The lowest BCUT2D eigenvalue weighted by molar-refractivity contribution is -0.426. The van der Waals surface area contributed by atoms with Gasteiger partial charge < -0.3 is 4.74 Å². The maximum Gasteiger partial charge on any atom is 0.302 e. The number of benzene rings is 1. The Kier molecular flexibility index (Phi) is 5.66. The Morgan fingerprint density at radius 3 is 2.58 bits per heavy atom. The van der Waals surface area contributed by atoms with Crippen molar-refractivity contribution in [3.63, 3.8) is 0 Å². The number of halogens is 1. The molecule has 0 fully saturated rings. The molecule has 0 radical (unpaired) electrons. The van der Waals surface area contributed by atoms with E-state index < -0.39 is 16.7 Å². The molecular weight excluding hydrogens is 253 g/mol. The fourth-order valence-electron chi connectivity index (χ4n) is 1.44. The maximum atomic E-state index is 12.7. The van der Waals surface area contributed by atoms with Gasteiger partial charge in [0.1, 0.15) is 5.82 Å². The number of carbonyl (C=O) groups excluding carboxylic acids is 1. The van der Waals surface area contributed by atoms with Crippen molar-refractivity contribution >= 4 is 12.0 Å². The van der Waals surface area contributed by atoms with Gasteiger partial charge in [-0.2, -0.15) is 0 Å². The zero-order chi connectivity index (χ0) is 14.3. The van der Waals surface area contributed by atoms with Crippen LogP contribution in [0.25, 0.3) is 6.08 Å². The largest absolute Gasteiger partial charge is 0.466 e. The van der Waals surface area contributed by atoms with Crippen LogP contribution in [0.3, 0.4) is 0 Å². The normalized spacial score (nSPS) is 11.2. The van der Waals surface area contributed by atoms with E-state index >= 15 is 0 Å². The number of hydrogen-bond donors (Lipinski definition) is 0. The van der Waals surface area contributed by atoms with Crippen LogP contribution in [0.4, 0.5) is 4.39 Å². The van der Waals surface area contributed by atoms with Crippen LogP contribution >= 0.6 is 0 Å². The van der Waals surface area contributed by atoms with E-state index in [-0.39, 0.29) is 18.7 Å². The number of carbonyl (C=O) groups is 1. The number of ether oxygens (including phenoxy) is 1. The lowest BCUT2D eigenvalue weighted by Gasteiger charge is -2.01. The van der Waals surface area contributed by atoms with E-state index in [1.165, 1.54) is 37.3 Å². The minimum absolute atomic E-state index is 0.00115. The zero-order valence-corrected chi connectivity index (χ0v) is 10.5. The molecule has 0 saturated heterocycles. The van der Waals surface area contributed by atoms with E-state index in [0.29, 0.717) is 12.0 Å². The first-order chi connectivity index (χ1) is 8.99. The summed E-state index contributed by atoms with van der Waals surface area (Å²) in [6.45, 7) is 1.42. The van der Waals surface area contributed by atoms with Crippen LogP contribution in [0.5, 0.6) is 0 Å². The number of nitro groups is 1. The van der Waals surface area contributed by atoms with Gasteiger partial charge >= 0.3 is 5.97 Å². The third kappa shape index (κ3) is 5.76. The molecule has 0 heterocycles. The topological polar surface area (TPSA) is 69.4 Å². The second-order valence-electron chi connectivity index (χ2n) is 3.89. The molecule has 0 bridgehead atoms. The van der Waals surface area contributed by atoms with Crippen molar-refractivity contribution in [2.45, 2.75) is 19.8 Å². The highest BCUT2D eigenvalue weighted by Gasteiger charge is 2.10. The Bertz CT molecular complexity index is 482. The summed E-state index contributed by atoms with van der Waals surface area (Å²) < 4.78 is 17.4. The molecule has 0 aliphatic carbocycles. The van der Waals surface area contributed by atoms with Gasteiger partial charge in [0.15, 0.2) is 0 Å². The summed E-state index contributed by atoms with van der Waals surface area (Å²) in [6, 6.07) is 5.40. The Balaban J connectivity index is 2.64. The number of rotatable bonds is 6. The monoisotopic (exact) mass is 267 g/mol. The summed E-state index contributed by atoms with van der Waals surface area (Å²) >= 11 is 0. The molecule has 1 aromatic carbocycles. The summed E-state index contributed by atoms with van der Waals surface area (Å²) in [4.78, 5) is 20.9. The van der Waals surface area contributed by atoms with E-state index in [1.54, 1.807) is 0 Å². The fraction of sp³-hybridized carbons (Fsp3) is 0.308. The van der Waals surface area contributed by atoms with E-state index in [1.807, 2.05) is 0 Å². The Labute approximate surface area is 109 Å². The Morgan fingerprint density at radius 2 is 2.05 bits per heavy atom. The first-order valence-electron chi connectivity index (χ1n) is 5.73. The Hall–Kier alpha value is -2.24. The summed E-state index contributed by atoms with van der Waals surface area (Å²) in [7, 11) is 0. The van der Waals surface area contributed by atoms with Gasteiger partial charge in [0, 0.05) is 19.4 Å². The van der Waals surface area contributed by atoms with Crippen molar-refractivity contribution in [3.05, 3.63) is 51.5 Å². The molecule has 0 spiro atoms. The molecule has 102 valence electrons. The van der Waals surface area contributed by atoms with E-state index in [9.17, 15) is 19.3 Å². The summed E-state index contributed by atoms with van der Waals surface area (Å²) in [5.74, 6) is -0.806. The quantitative estimate of drug-likeness (QED) is 0.344. The van der Waals surface area contributed by atoms with Gasteiger partial charge in [0.25, 0.3) is 0 Å². The van der Waals surface area contributed by atoms with Crippen molar-refractivity contribution < 1.29 is 18.8 Å². The predicted octanol–water partition coefficient (Wildman–Crippen LogP) is 2.79. The van der Waals surface area contributed by atoms with Gasteiger partial charge in [-0.15, -0.1) is 0 Å². The second kappa shape index (κ2) is 7.25. The van der Waals surface area contributed by atoms with Gasteiger partial charge in [-0.05, 0) is 24.1 Å². The van der Waals surface area contributed by atoms with Crippen molar-refractivity contribution in [2.24, 2.45) is 0 Å². The van der Waals surface area contributed by atoms with E-state index in [2.05, 4.69) is 0 Å². The maximum absolute atomic E-state index is 12.7. The molecule has 0 atom stereocenters. The molecule has 0 aliphatic rings. The van der Waals surface area contributed by atoms with Crippen molar-refractivity contribution in [2.75, 3.05) is 6.61 Å². The predicted molar refractivity (Wildman–Crippen MR) is 67.2 cm³/mol. The van der Waals surface area contributed by atoms with Crippen molar-refractivity contribution in [1.29, 1.82) is 0 Å². The van der Waals surface area contributed by atoms with Gasteiger partial charge in [0.2, 0.25) is 5.70 Å². The van der Waals surface area contributed by atoms with Crippen LogP contribution in [0.15, 0.2) is 30.0 Å². The molecule has 0 unspecified atom stereocenters. The van der Waals surface area contributed by atoms with Crippen LogP contribution in [-0.2, 0) is 9.53 Å². The van der Waals surface area contributed by atoms with E-state index in [4.69, 9.17) is 4.74 Å². The first-order valence-corrected chi connectivity index (χ1v) is 5.73. The van der Waals surface area contributed by atoms with Gasteiger partial charge in [-0.25, -0.2) is 4.39 Å². The number of hydrogen-bond acceptors (Lipinski definition) is 4. The lowest BCUT2D eigenvalue weighted by atomic mass is 10.1. The van der Waals surface area contributed by atoms with Crippen molar-refractivity contribution in [3.8, 4) is 0 Å². The van der Waals surface area contributed by atoms with Gasteiger partial charge in [-0.3, -0.25) is 14.9 Å². The molecule has 19 heavy (non-hydrogen) atoms. The highest BCUT2D eigenvalue weighted by atomic mass is 19.1.